The highest BCUT2D eigenvalue weighted by Gasteiger charge is 2.62. The van der Waals surface area contributed by atoms with Crippen LogP contribution in [-0.2, 0) is 39.0 Å². The van der Waals surface area contributed by atoms with Gasteiger partial charge in [-0.3, -0.25) is 29.7 Å². The van der Waals surface area contributed by atoms with Crippen LogP contribution < -0.4 is 10.4 Å². The molecule has 4 aliphatic rings. The number of nitrogens with zero attached hydrogens (tertiary/aromatic N) is 2. The van der Waals surface area contributed by atoms with E-state index in [0.29, 0.717) is 35.9 Å². The van der Waals surface area contributed by atoms with E-state index < -0.39 is 47.6 Å². The minimum absolute atomic E-state index is 0.0483. The molecule has 13 heteroatoms. The Labute approximate surface area is 288 Å². The Morgan fingerprint density at radius 2 is 1.85 bits per heavy atom. The van der Waals surface area contributed by atoms with Gasteiger partial charge in [0.05, 0.1) is 23.9 Å². The van der Waals surface area contributed by atoms with Gasteiger partial charge in [0, 0.05) is 65.7 Å². The minimum atomic E-state index is -1.57. The Kier molecular flexibility index (Phi) is 11.5. The maximum atomic E-state index is 14.1. The van der Waals surface area contributed by atoms with Crippen molar-refractivity contribution in [3.8, 4) is 0 Å². The summed E-state index contributed by atoms with van der Waals surface area (Å²) in [5.74, 6) is -1.61. The maximum absolute atomic E-state index is 14.1. The smallest absolute Gasteiger partial charge is 0.323 e. The molecule has 2 aliphatic carbocycles. The zero-order valence-corrected chi connectivity index (χ0v) is 29.9. The van der Waals surface area contributed by atoms with Crippen molar-refractivity contribution in [3.63, 3.8) is 0 Å². The number of hydrogen-bond acceptors (Lipinski definition) is 12. The largest absolute Gasteiger partial charge is 0.454 e. The molecule has 10 atom stereocenters. The third-order valence-corrected chi connectivity index (χ3v) is 11.3. The number of methoxy groups -OCH3 is 2. The molecule has 1 aromatic carbocycles. The number of benzene rings is 1. The molecule has 0 aromatic heterocycles. The molecule has 2 fully saturated rings. The number of anilines is 1. The molecule has 0 spiro atoms. The van der Waals surface area contributed by atoms with Crippen molar-refractivity contribution in [3.05, 3.63) is 40.4 Å². The molecule has 2 aliphatic heterocycles. The molecule has 48 heavy (non-hydrogen) atoms. The summed E-state index contributed by atoms with van der Waals surface area (Å²) in [5, 5.41) is 29.7. The molecule has 1 unspecified atom stereocenters. The molecule has 0 amide bonds. The van der Waals surface area contributed by atoms with E-state index in [-0.39, 0.29) is 30.1 Å². The molecule has 1 saturated carbocycles. The number of para-hydroxylation sites is 1. The molecule has 12 nitrogen and oxygen atoms in total. The highest BCUT2D eigenvalue weighted by Crippen LogP contribution is 2.53. The zero-order valence-electron chi connectivity index (χ0n) is 29.1. The predicted octanol–water partition coefficient (Wildman–Crippen LogP) is 3.02. The molecule has 3 N–H and O–H groups in total. The fraction of sp³-hybridized carbons (Fsp3) is 0.714. The number of fused-ring (bicyclic) bond motifs is 4. The molecular weight excluding hydrogens is 642 g/mol. The van der Waals surface area contributed by atoms with Crippen molar-refractivity contribution in [1.29, 1.82) is 0 Å². The Morgan fingerprint density at radius 3 is 2.50 bits per heavy atom. The average Bonchev–Trinajstić information content (AvgIpc) is 3.39. The van der Waals surface area contributed by atoms with Crippen LogP contribution in [0.25, 0.3) is 0 Å². The van der Waals surface area contributed by atoms with E-state index in [1.54, 1.807) is 39.5 Å². The summed E-state index contributed by atoms with van der Waals surface area (Å²) in [5.41, 5.74) is -1.31. The number of aliphatic hydroxyl groups is 2. The van der Waals surface area contributed by atoms with Crippen molar-refractivity contribution in [1.82, 2.24) is 10.2 Å². The van der Waals surface area contributed by atoms with Gasteiger partial charge in [-0.1, -0.05) is 43.7 Å². The quantitative estimate of drug-likeness (QED) is 0.219. The number of rotatable bonds is 12. The van der Waals surface area contributed by atoms with E-state index in [1.807, 2.05) is 19.9 Å². The van der Waals surface area contributed by atoms with Crippen LogP contribution in [0.15, 0.2) is 29.8 Å². The van der Waals surface area contributed by atoms with Crippen LogP contribution in [0, 0.1) is 23.7 Å². The fourth-order valence-corrected chi connectivity index (χ4v) is 8.73. The molecule has 0 bridgehead atoms. The van der Waals surface area contributed by atoms with Gasteiger partial charge in [0.15, 0.2) is 18.4 Å². The van der Waals surface area contributed by atoms with Crippen LogP contribution in [0.5, 0.6) is 0 Å². The first-order chi connectivity index (χ1) is 22.8. The van der Waals surface area contributed by atoms with Gasteiger partial charge in [-0.15, -0.1) is 0 Å². The fourth-order valence-electron chi connectivity index (χ4n) is 8.44. The van der Waals surface area contributed by atoms with Crippen LogP contribution in [0.1, 0.15) is 52.5 Å². The summed E-state index contributed by atoms with van der Waals surface area (Å²) >= 11 is 6.46. The Morgan fingerprint density at radius 1 is 1.17 bits per heavy atom. The SMILES string of the molecule is COCCN(CCOC)CC(C)[C@@H]1CC[C@@H](C)[C@@]2(O)[C@@H]1C=C(C)[C@@H](OC(C)=O)[C@@H]2OC(=O)[C@@H]1C[C@@]2(O)c3cccc(Cl)c3N(C)O[C@H]2N1. The highest BCUT2D eigenvalue weighted by atomic mass is 35.5. The Bertz CT molecular complexity index is 1360. The predicted molar refractivity (Wildman–Crippen MR) is 179 cm³/mol. The summed E-state index contributed by atoms with van der Waals surface area (Å²) in [6, 6.07) is 4.24. The third-order valence-electron chi connectivity index (χ3n) is 11.0. The van der Waals surface area contributed by atoms with Crippen LogP contribution in [0.2, 0.25) is 5.02 Å². The number of hydroxylamine groups is 1. The van der Waals surface area contributed by atoms with Gasteiger partial charge in [0.25, 0.3) is 0 Å². The number of ether oxygens (including phenoxy) is 4. The van der Waals surface area contributed by atoms with Crippen molar-refractivity contribution in [2.75, 3.05) is 59.2 Å². The van der Waals surface area contributed by atoms with E-state index >= 15 is 0 Å². The lowest BCUT2D eigenvalue weighted by Gasteiger charge is -2.56. The molecule has 2 heterocycles. The lowest BCUT2D eigenvalue weighted by molar-refractivity contribution is -0.225. The van der Waals surface area contributed by atoms with Gasteiger partial charge < -0.3 is 29.2 Å². The third kappa shape index (κ3) is 6.87. The van der Waals surface area contributed by atoms with Crippen molar-refractivity contribution in [2.24, 2.45) is 23.7 Å². The average molecular weight is 694 g/mol. The van der Waals surface area contributed by atoms with Gasteiger partial charge in [0.2, 0.25) is 0 Å². The summed E-state index contributed by atoms with van der Waals surface area (Å²) in [4.78, 5) is 34.7. The monoisotopic (exact) mass is 693 g/mol. The maximum Gasteiger partial charge on any atom is 0.323 e. The minimum Gasteiger partial charge on any atom is -0.454 e. The van der Waals surface area contributed by atoms with Crippen LogP contribution in [-0.4, -0.2) is 111 Å². The van der Waals surface area contributed by atoms with Gasteiger partial charge in [-0.25, -0.2) is 0 Å². The summed E-state index contributed by atoms with van der Waals surface area (Å²) in [7, 11) is 5.06. The van der Waals surface area contributed by atoms with E-state index in [2.05, 4.69) is 17.1 Å². The molecular formula is C35H52ClN3O9. The van der Waals surface area contributed by atoms with Crippen molar-refractivity contribution in [2.45, 2.75) is 82.6 Å². The molecule has 5 rings (SSSR count). The summed E-state index contributed by atoms with van der Waals surface area (Å²) in [6.07, 6.45) is 0.469. The number of carbonyl (C=O) groups is 2. The number of esters is 2. The van der Waals surface area contributed by atoms with Crippen LogP contribution in [0.4, 0.5) is 5.69 Å². The number of carbonyl (C=O) groups excluding carboxylic acids is 2. The number of hydrogen-bond donors (Lipinski definition) is 3. The second-order valence-electron chi connectivity index (χ2n) is 14.1. The van der Waals surface area contributed by atoms with Crippen molar-refractivity contribution < 1.29 is 43.6 Å². The first-order valence-corrected chi connectivity index (χ1v) is 17.3. The summed E-state index contributed by atoms with van der Waals surface area (Å²) < 4.78 is 22.8. The van der Waals surface area contributed by atoms with Gasteiger partial charge >= 0.3 is 11.9 Å². The van der Waals surface area contributed by atoms with Crippen molar-refractivity contribution >= 4 is 29.2 Å². The second-order valence-corrected chi connectivity index (χ2v) is 14.5. The van der Waals surface area contributed by atoms with E-state index in [9.17, 15) is 19.8 Å². The Balaban J connectivity index is 1.42. The van der Waals surface area contributed by atoms with E-state index in [0.717, 1.165) is 31.6 Å². The van der Waals surface area contributed by atoms with Gasteiger partial charge in [-0.05, 0) is 49.2 Å². The lowest BCUT2D eigenvalue weighted by atomic mass is 9.55. The van der Waals surface area contributed by atoms with E-state index in [1.165, 1.54) is 12.0 Å². The molecule has 0 radical (unpaired) electrons. The molecule has 1 saturated heterocycles. The topological polar surface area (TPSA) is 139 Å². The summed E-state index contributed by atoms with van der Waals surface area (Å²) in [6.45, 7) is 10.8. The van der Waals surface area contributed by atoms with Crippen LogP contribution in [0.3, 0.4) is 0 Å². The second kappa shape index (κ2) is 14.9. The highest BCUT2D eigenvalue weighted by molar-refractivity contribution is 6.33. The van der Waals surface area contributed by atoms with Gasteiger partial charge in [0.1, 0.15) is 17.2 Å². The Hall–Kier alpha value is -2.29. The zero-order chi connectivity index (χ0) is 35.0. The first kappa shape index (κ1) is 37.0. The van der Waals surface area contributed by atoms with Crippen LogP contribution >= 0.6 is 11.6 Å². The number of halogens is 1. The molecule has 268 valence electrons. The van der Waals surface area contributed by atoms with Gasteiger partial charge in [-0.2, -0.15) is 0 Å². The molecule has 1 aromatic rings. The number of nitrogens with one attached hydrogen (secondary N) is 1. The lowest BCUT2D eigenvalue weighted by Crippen LogP contribution is -2.66. The first-order valence-electron chi connectivity index (χ1n) is 16.9. The standard InChI is InChI=1S/C35H52ClN3O9/c1-20-17-26-24(21(2)19-39(13-15-44-6)14-16-45-7)12-11-22(3)35(26,43)31(30(20)46-23(4)40)47-32(41)28-18-34(42)25-9-8-10-27(36)29(25)38(5)48-33(34)37-28/h8-10,17,21-22,24,26,28,30-31,33,37,42-43H,11-16,18-19H2,1-7H3/t21?,22-,24+,26-,28+,30-,31+,33-,34-,35-/m1/s1. The van der Waals surface area contributed by atoms with E-state index in [4.69, 9.17) is 35.4 Å². The normalized spacial score (nSPS) is 34.9.